The van der Waals surface area contributed by atoms with Gasteiger partial charge in [0.05, 0.1) is 13.2 Å². The molecule has 1 atom stereocenters. The van der Waals surface area contributed by atoms with Crippen molar-refractivity contribution in [2.45, 2.75) is 18.9 Å². The van der Waals surface area contributed by atoms with E-state index in [1.807, 2.05) is 30.5 Å². The number of benzene rings is 1. The molecule has 104 valence electrons. The SMILES string of the molecule is CC1(COCc2ccccc2)CNc2cc(Cl)ncc21. The molecule has 0 aliphatic carbocycles. The van der Waals surface area contributed by atoms with Gasteiger partial charge in [-0.3, -0.25) is 0 Å². The quantitative estimate of drug-likeness (QED) is 0.872. The first-order valence-electron chi connectivity index (χ1n) is 6.69. The fourth-order valence-corrected chi connectivity index (χ4v) is 2.70. The maximum absolute atomic E-state index is 5.92. The molecule has 1 aromatic carbocycles. The van der Waals surface area contributed by atoms with Crippen LogP contribution in [-0.2, 0) is 16.8 Å². The highest BCUT2D eigenvalue weighted by Gasteiger charge is 2.35. The summed E-state index contributed by atoms with van der Waals surface area (Å²) in [6.45, 7) is 4.32. The van der Waals surface area contributed by atoms with Crippen molar-refractivity contribution in [1.82, 2.24) is 4.98 Å². The number of halogens is 1. The molecule has 1 aliphatic heterocycles. The topological polar surface area (TPSA) is 34.1 Å². The molecule has 0 saturated carbocycles. The van der Waals surface area contributed by atoms with E-state index < -0.39 is 0 Å². The Kier molecular flexibility index (Phi) is 3.64. The van der Waals surface area contributed by atoms with Gasteiger partial charge in [-0.1, -0.05) is 48.9 Å². The van der Waals surface area contributed by atoms with Gasteiger partial charge >= 0.3 is 0 Å². The maximum atomic E-state index is 5.92. The lowest BCUT2D eigenvalue weighted by Crippen LogP contribution is -2.30. The molecule has 3 rings (SSSR count). The van der Waals surface area contributed by atoms with Crippen molar-refractivity contribution >= 4 is 17.3 Å². The minimum Gasteiger partial charge on any atom is -0.384 e. The van der Waals surface area contributed by atoms with Crippen molar-refractivity contribution in [2.24, 2.45) is 0 Å². The average Bonchev–Trinajstić information content (AvgIpc) is 2.77. The number of hydrogen-bond donors (Lipinski definition) is 1. The Morgan fingerprint density at radius 2 is 2.15 bits per heavy atom. The number of nitrogens with zero attached hydrogens (tertiary/aromatic N) is 1. The van der Waals surface area contributed by atoms with Gasteiger partial charge in [0.1, 0.15) is 5.15 Å². The van der Waals surface area contributed by atoms with Crippen LogP contribution < -0.4 is 5.32 Å². The van der Waals surface area contributed by atoms with Crippen LogP contribution in [0.25, 0.3) is 0 Å². The molecular weight excluding hydrogens is 272 g/mol. The minimum atomic E-state index is -0.0539. The summed E-state index contributed by atoms with van der Waals surface area (Å²) in [5, 5.41) is 3.89. The zero-order valence-electron chi connectivity index (χ0n) is 11.4. The number of nitrogens with one attached hydrogen (secondary N) is 1. The second kappa shape index (κ2) is 5.43. The number of anilines is 1. The van der Waals surface area contributed by atoms with Gasteiger partial charge < -0.3 is 10.1 Å². The van der Waals surface area contributed by atoms with Crippen LogP contribution in [0.1, 0.15) is 18.1 Å². The maximum Gasteiger partial charge on any atom is 0.131 e. The lowest BCUT2D eigenvalue weighted by atomic mass is 9.86. The molecule has 1 N–H and O–H groups in total. The number of ether oxygens (including phenoxy) is 1. The number of rotatable bonds is 4. The molecule has 0 amide bonds. The van der Waals surface area contributed by atoms with Gasteiger partial charge in [0.2, 0.25) is 0 Å². The smallest absolute Gasteiger partial charge is 0.131 e. The van der Waals surface area contributed by atoms with Crippen molar-refractivity contribution in [2.75, 3.05) is 18.5 Å². The van der Waals surface area contributed by atoms with Crippen molar-refractivity contribution in [3.05, 3.63) is 58.9 Å². The van der Waals surface area contributed by atoms with Crippen molar-refractivity contribution < 1.29 is 4.74 Å². The van der Waals surface area contributed by atoms with E-state index in [2.05, 4.69) is 29.4 Å². The molecule has 0 saturated heterocycles. The summed E-state index contributed by atoms with van der Waals surface area (Å²) >= 11 is 5.92. The third-order valence-corrected chi connectivity index (χ3v) is 3.93. The van der Waals surface area contributed by atoms with E-state index >= 15 is 0 Å². The normalized spacial score (nSPS) is 20.5. The van der Waals surface area contributed by atoms with Gasteiger partial charge in [-0.25, -0.2) is 4.98 Å². The van der Waals surface area contributed by atoms with E-state index in [0.717, 1.165) is 12.2 Å². The fraction of sp³-hybridized carbons (Fsp3) is 0.312. The van der Waals surface area contributed by atoms with Crippen LogP contribution in [0.2, 0.25) is 5.15 Å². The highest BCUT2D eigenvalue weighted by Crippen LogP contribution is 2.37. The van der Waals surface area contributed by atoms with Gasteiger partial charge in [0.15, 0.2) is 0 Å². The Hall–Kier alpha value is -1.58. The van der Waals surface area contributed by atoms with Gasteiger partial charge in [-0.2, -0.15) is 0 Å². The van der Waals surface area contributed by atoms with E-state index in [9.17, 15) is 0 Å². The molecule has 0 spiro atoms. The number of aromatic nitrogens is 1. The van der Waals surface area contributed by atoms with E-state index in [1.165, 1.54) is 11.1 Å². The second-order valence-corrected chi connectivity index (χ2v) is 5.83. The van der Waals surface area contributed by atoms with Crippen LogP contribution >= 0.6 is 11.6 Å². The lowest BCUT2D eigenvalue weighted by Gasteiger charge is -2.23. The van der Waals surface area contributed by atoms with Crippen molar-refractivity contribution in [3.63, 3.8) is 0 Å². The number of hydrogen-bond acceptors (Lipinski definition) is 3. The van der Waals surface area contributed by atoms with Crippen LogP contribution in [0.3, 0.4) is 0 Å². The summed E-state index contributed by atoms with van der Waals surface area (Å²) in [7, 11) is 0. The van der Waals surface area contributed by atoms with Gasteiger partial charge in [-0.15, -0.1) is 0 Å². The summed E-state index contributed by atoms with van der Waals surface area (Å²) in [5.41, 5.74) is 3.38. The van der Waals surface area contributed by atoms with Crippen molar-refractivity contribution in [1.29, 1.82) is 0 Å². The molecule has 0 fully saturated rings. The summed E-state index contributed by atoms with van der Waals surface area (Å²) in [4.78, 5) is 4.18. The summed E-state index contributed by atoms with van der Waals surface area (Å²) in [5.74, 6) is 0. The van der Waals surface area contributed by atoms with E-state index in [1.54, 1.807) is 0 Å². The Labute approximate surface area is 123 Å². The Bertz CT molecular complexity index is 603. The van der Waals surface area contributed by atoms with Crippen LogP contribution in [0, 0.1) is 0 Å². The number of fused-ring (bicyclic) bond motifs is 1. The predicted octanol–water partition coefficient (Wildman–Crippen LogP) is 3.64. The molecule has 0 bridgehead atoms. The lowest BCUT2D eigenvalue weighted by molar-refractivity contribution is 0.0826. The van der Waals surface area contributed by atoms with Crippen LogP contribution in [-0.4, -0.2) is 18.1 Å². The molecule has 1 aromatic heterocycles. The van der Waals surface area contributed by atoms with Gasteiger partial charge in [0.25, 0.3) is 0 Å². The first kappa shape index (κ1) is 13.4. The molecule has 2 aromatic rings. The minimum absolute atomic E-state index is 0.0539. The molecule has 1 unspecified atom stereocenters. The van der Waals surface area contributed by atoms with Gasteiger partial charge in [-0.05, 0) is 11.6 Å². The molecule has 4 heteroatoms. The Balaban J connectivity index is 1.67. The zero-order valence-corrected chi connectivity index (χ0v) is 12.2. The van der Waals surface area contributed by atoms with Crippen molar-refractivity contribution in [3.8, 4) is 0 Å². The molecule has 3 nitrogen and oxygen atoms in total. The standard InChI is InChI=1S/C16H17ClN2O/c1-16(11-20-9-12-5-3-2-4-6-12)10-19-14-7-15(17)18-8-13(14)16/h2-8,19H,9-11H2,1H3. The predicted molar refractivity (Wildman–Crippen MR) is 81.2 cm³/mol. The summed E-state index contributed by atoms with van der Waals surface area (Å²) in [6, 6.07) is 12.1. The molecule has 20 heavy (non-hydrogen) atoms. The largest absolute Gasteiger partial charge is 0.384 e. The highest BCUT2D eigenvalue weighted by molar-refractivity contribution is 6.29. The van der Waals surface area contributed by atoms with Crippen LogP contribution in [0.4, 0.5) is 5.69 Å². The first-order chi connectivity index (χ1) is 9.67. The van der Waals surface area contributed by atoms with Crippen LogP contribution in [0.5, 0.6) is 0 Å². The molecule has 1 aliphatic rings. The Morgan fingerprint density at radius 3 is 2.95 bits per heavy atom. The van der Waals surface area contributed by atoms with E-state index in [4.69, 9.17) is 16.3 Å². The monoisotopic (exact) mass is 288 g/mol. The zero-order chi connectivity index (χ0) is 14.0. The summed E-state index contributed by atoms with van der Waals surface area (Å²) in [6.07, 6.45) is 1.85. The molecular formula is C16H17ClN2O. The molecule has 0 radical (unpaired) electrons. The molecule has 2 heterocycles. The Morgan fingerprint density at radius 1 is 1.35 bits per heavy atom. The third-order valence-electron chi connectivity index (χ3n) is 3.72. The number of pyridine rings is 1. The van der Waals surface area contributed by atoms with Crippen LogP contribution in [0.15, 0.2) is 42.6 Å². The average molecular weight is 289 g/mol. The third kappa shape index (κ3) is 2.65. The highest BCUT2D eigenvalue weighted by atomic mass is 35.5. The van der Waals surface area contributed by atoms with Gasteiger partial charge in [0, 0.05) is 29.4 Å². The summed E-state index contributed by atoms with van der Waals surface area (Å²) < 4.78 is 5.89. The second-order valence-electron chi connectivity index (χ2n) is 5.45. The van der Waals surface area contributed by atoms with E-state index in [0.29, 0.717) is 18.4 Å². The van der Waals surface area contributed by atoms with E-state index in [-0.39, 0.29) is 5.41 Å². The first-order valence-corrected chi connectivity index (χ1v) is 7.07. The fourth-order valence-electron chi connectivity index (χ4n) is 2.54.